The van der Waals surface area contributed by atoms with E-state index in [1.807, 2.05) is 6.07 Å². The van der Waals surface area contributed by atoms with Crippen molar-refractivity contribution in [2.24, 2.45) is 0 Å². The van der Waals surface area contributed by atoms with E-state index >= 15 is 0 Å². The van der Waals surface area contributed by atoms with Crippen molar-refractivity contribution in [2.45, 2.75) is 44.1 Å². The minimum Gasteiger partial charge on any atom is -0.453 e. The molecule has 4 nitrogen and oxygen atoms in total. The highest BCUT2D eigenvalue weighted by Gasteiger charge is 2.49. The fourth-order valence-electron chi connectivity index (χ4n) is 2.69. The molecule has 4 atom stereocenters. The predicted octanol–water partition coefficient (Wildman–Crippen LogP) is 2.70. The number of rotatable bonds is 2. The lowest BCUT2D eigenvalue weighted by molar-refractivity contribution is -0.334. The van der Waals surface area contributed by atoms with Crippen molar-refractivity contribution in [2.75, 3.05) is 0 Å². The molecule has 0 aliphatic carbocycles. The highest BCUT2D eigenvalue weighted by atomic mass is 19.1. The van der Waals surface area contributed by atoms with E-state index in [-0.39, 0.29) is 0 Å². The van der Waals surface area contributed by atoms with Gasteiger partial charge in [0.25, 0.3) is 0 Å². The van der Waals surface area contributed by atoms with Gasteiger partial charge < -0.3 is 14.2 Å². The molecule has 2 aliphatic rings. The molecule has 0 bridgehead atoms. The second kappa shape index (κ2) is 5.24. The van der Waals surface area contributed by atoms with E-state index in [0.29, 0.717) is 5.56 Å². The summed E-state index contributed by atoms with van der Waals surface area (Å²) in [6, 6.07) is 8.71. The molecular formula is C16H17FO4. The predicted molar refractivity (Wildman–Crippen MR) is 73.1 cm³/mol. The van der Waals surface area contributed by atoms with Crippen LogP contribution in [0.2, 0.25) is 0 Å². The van der Waals surface area contributed by atoms with E-state index in [1.165, 1.54) is 6.08 Å². The van der Waals surface area contributed by atoms with Gasteiger partial charge in [-0.2, -0.15) is 0 Å². The maximum atomic E-state index is 14.9. The van der Waals surface area contributed by atoms with Crippen LogP contribution in [-0.2, 0) is 19.0 Å². The van der Waals surface area contributed by atoms with Gasteiger partial charge in [0.05, 0.1) is 0 Å². The summed E-state index contributed by atoms with van der Waals surface area (Å²) in [7, 11) is 0. The van der Waals surface area contributed by atoms with Gasteiger partial charge in [0.1, 0.15) is 12.2 Å². The zero-order valence-electron chi connectivity index (χ0n) is 11.9. The minimum atomic E-state index is -1.40. The van der Waals surface area contributed by atoms with Gasteiger partial charge in [-0.3, -0.25) is 0 Å². The van der Waals surface area contributed by atoms with Crippen molar-refractivity contribution >= 4 is 5.97 Å². The van der Waals surface area contributed by atoms with Crippen LogP contribution < -0.4 is 0 Å². The highest BCUT2D eigenvalue weighted by molar-refractivity contribution is 5.83. The van der Waals surface area contributed by atoms with Crippen LogP contribution in [0.25, 0.3) is 0 Å². The molecule has 2 heterocycles. The number of carbonyl (C=O) groups excluding carboxylic acids is 1. The Morgan fingerprint density at radius 1 is 1.19 bits per heavy atom. The Bertz CT molecular complexity index is 555. The van der Waals surface area contributed by atoms with Gasteiger partial charge in [-0.15, -0.1) is 0 Å². The molecule has 0 spiro atoms. The smallest absolute Gasteiger partial charge is 0.330 e. The first-order valence-corrected chi connectivity index (χ1v) is 6.90. The molecule has 0 aromatic heterocycles. The SMILES string of the molecule is CC1(C)O[C@@H]([C@H](F)c2ccccc2)[C@@H]2OC(=O)C=C[C@@H]2O1. The van der Waals surface area contributed by atoms with Crippen LogP contribution in [0.15, 0.2) is 42.5 Å². The summed E-state index contributed by atoms with van der Waals surface area (Å²) in [5.41, 5.74) is 0.490. The molecule has 5 heteroatoms. The first-order valence-electron chi connectivity index (χ1n) is 6.90. The zero-order chi connectivity index (χ0) is 15.0. The van der Waals surface area contributed by atoms with Crippen molar-refractivity contribution < 1.29 is 23.4 Å². The Labute approximate surface area is 122 Å². The van der Waals surface area contributed by atoms with Crippen molar-refractivity contribution in [1.82, 2.24) is 0 Å². The summed E-state index contributed by atoms with van der Waals surface area (Å²) in [6.45, 7) is 3.44. The summed E-state index contributed by atoms with van der Waals surface area (Å²) in [5, 5.41) is 0. The summed E-state index contributed by atoms with van der Waals surface area (Å²) in [4.78, 5) is 11.4. The summed E-state index contributed by atoms with van der Waals surface area (Å²) < 4.78 is 31.5. The van der Waals surface area contributed by atoms with E-state index in [2.05, 4.69) is 0 Å². The van der Waals surface area contributed by atoms with Crippen molar-refractivity contribution in [3.05, 3.63) is 48.0 Å². The average molecular weight is 292 g/mol. The van der Waals surface area contributed by atoms with E-state index in [4.69, 9.17) is 14.2 Å². The number of hydrogen-bond acceptors (Lipinski definition) is 4. The number of hydrogen-bond donors (Lipinski definition) is 0. The number of esters is 1. The molecule has 0 unspecified atom stereocenters. The van der Waals surface area contributed by atoms with Gasteiger partial charge in [-0.1, -0.05) is 30.3 Å². The van der Waals surface area contributed by atoms with Gasteiger partial charge in [-0.25, -0.2) is 9.18 Å². The molecule has 0 saturated carbocycles. The third-order valence-electron chi connectivity index (χ3n) is 3.57. The fourth-order valence-corrected chi connectivity index (χ4v) is 2.69. The molecule has 0 N–H and O–H groups in total. The third-order valence-corrected chi connectivity index (χ3v) is 3.57. The topological polar surface area (TPSA) is 44.8 Å². The molecule has 112 valence electrons. The van der Waals surface area contributed by atoms with Crippen LogP contribution in [0.3, 0.4) is 0 Å². The molecule has 21 heavy (non-hydrogen) atoms. The molecule has 3 rings (SSSR count). The summed E-state index contributed by atoms with van der Waals surface area (Å²) >= 11 is 0. The lowest BCUT2D eigenvalue weighted by Crippen LogP contribution is -2.57. The molecule has 1 aromatic rings. The quantitative estimate of drug-likeness (QED) is 0.786. The Morgan fingerprint density at radius 3 is 2.62 bits per heavy atom. The number of halogens is 1. The Morgan fingerprint density at radius 2 is 1.90 bits per heavy atom. The van der Waals surface area contributed by atoms with Crippen LogP contribution in [-0.4, -0.2) is 30.1 Å². The Hall–Kier alpha value is -1.72. The summed E-state index contributed by atoms with van der Waals surface area (Å²) in [5.74, 6) is -1.45. The molecule has 1 fully saturated rings. The van der Waals surface area contributed by atoms with E-state index < -0.39 is 36.2 Å². The lowest BCUT2D eigenvalue weighted by atomic mass is 9.95. The second-order valence-corrected chi connectivity index (χ2v) is 5.64. The van der Waals surface area contributed by atoms with E-state index in [1.54, 1.807) is 44.2 Å². The van der Waals surface area contributed by atoms with Gasteiger partial charge in [0.2, 0.25) is 0 Å². The maximum Gasteiger partial charge on any atom is 0.330 e. The van der Waals surface area contributed by atoms with Crippen LogP contribution in [0.1, 0.15) is 25.6 Å². The molecule has 0 radical (unpaired) electrons. The van der Waals surface area contributed by atoms with E-state index in [9.17, 15) is 9.18 Å². The average Bonchev–Trinajstić information content (AvgIpc) is 2.46. The van der Waals surface area contributed by atoms with E-state index in [0.717, 1.165) is 0 Å². The Balaban J connectivity index is 1.91. The van der Waals surface area contributed by atoms with Crippen LogP contribution in [0.5, 0.6) is 0 Å². The summed E-state index contributed by atoms with van der Waals surface area (Å²) in [6.07, 6.45) is -0.693. The largest absolute Gasteiger partial charge is 0.453 e. The second-order valence-electron chi connectivity index (χ2n) is 5.64. The lowest BCUT2D eigenvalue weighted by Gasteiger charge is -2.46. The monoisotopic (exact) mass is 292 g/mol. The molecule has 0 amide bonds. The molecule has 1 saturated heterocycles. The van der Waals surface area contributed by atoms with Crippen molar-refractivity contribution in [1.29, 1.82) is 0 Å². The maximum absolute atomic E-state index is 14.9. The standard InChI is InChI=1S/C16H17FO4/c1-16(2)20-11-8-9-12(18)19-14(11)15(21-16)13(17)10-6-4-3-5-7-10/h3-9,11,13-15H,1-2H3/t11-,13+,14+,15-/m0/s1. The first kappa shape index (κ1) is 14.2. The molecule has 1 aromatic carbocycles. The highest BCUT2D eigenvalue weighted by Crippen LogP contribution is 2.38. The number of fused-ring (bicyclic) bond motifs is 1. The van der Waals surface area contributed by atoms with Gasteiger partial charge in [0.15, 0.2) is 18.1 Å². The number of alkyl halides is 1. The van der Waals surface area contributed by atoms with Gasteiger partial charge in [-0.05, 0) is 25.5 Å². The molecular weight excluding hydrogens is 275 g/mol. The van der Waals surface area contributed by atoms with Crippen LogP contribution >= 0.6 is 0 Å². The molecule has 2 aliphatic heterocycles. The van der Waals surface area contributed by atoms with Crippen molar-refractivity contribution in [3.8, 4) is 0 Å². The van der Waals surface area contributed by atoms with Gasteiger partial charge in [0, 0.05) is 6.08 Å². The Kier molecular flexibility index (Phi) is 3.55. The van der Waals surface area contributed by atoms with Crippen LogP contribution in [0, 0.1) is 0 Å². The first-order chi connectivity index (χ1) is 9.96. The van der Waals surface area contributed by atoms with Crippen molar-refractivity contribution in [3.63, 3.8) is 0 Å². The fraction of sp³-hybridized carbons (Fsp3) is 0.438. The normalized spacial score (nSPS) is 32.1. The number of benzene rings is 1. The zero-order valence-corrected chi connectivity index (χ0v) is 11.9. The third kappa shape index (κ3) is 2.84. The minimum absolute atomic E-state index is 0.490. The number of carbonyl (C=O) groups is 1. The number of ether oxygens (including phenoxy) is 3. The van der Waals surface area contributed by atoms with Crippen LogP contribution in [0.4, 0.5) is 4.39 Å². The van der Waals surface area contributed by atoms with Gasteiger partial charge >= 0.3 is 5.97 Å².